The molecule has 0 saturated carbocycles. The second kappa shape index (κ2) is 10.7. The van der Waals surface area contributed by atoms with Gasteiger partial charge in [0.2, 0.25) is 5.28 Å². The molecule has 3 aromatic carbocycles. The summed E-state index contributed by atoms with van der Waals surface area (Å²) in [4.78, 5) is 26.6. The van der Waals surface area contributed by atoms with Gasteiger partial charge in [0.05, 0.1) is 17.6 Å². The second-order valence-corrected chi connectivity index (χ2v) is 12.2. The predicted molar refractivity (Wildman–Crippen MR) is 162 cm³/mol. The lowest BCUT2D eigenvalue weighted by Gasteiger charge is -2.42. The molecule has 3 heterocycles. The summed E-state index contributed by atoms with van der Waals surface area (Å²) in [5.74, 6) is 1.54. The number of benzene rings is 3. The van der Waals surface area contributed by atoms with Crippen molar-refractivity contribution < 1.29 is 19.0 Å². The Morgan fingerprint density at radius 3 is 2.44 bits per heavy atom. The minimum Gasteiger partial charge on any atom is -0.468 e. The molecule has 1 aromatic heterocycles. The Bertz CT molecular complexity index is 1620. The van der Waals surface area contributed by atoms with Crippen molar-refractivity contribution in [3.63, 3.8) is 0 Å². The monoisotopic (exact) mass is 574 g/mol. The number of aromatic nitrogens is 2. The molecule has 6 rings (SSSR count). The van der Waals surface area contributed by atoms with E-state index in [0.29, 0.717) is 13.1 Å². The fourth-order valence-electron chi connectivity index (χ4n) is 6.23. The molecule has 2 atom stereocenters. The lowest BCUT2D eigenvalue weighted by Crippen LogP contribution is -2.57. The van der Waals surface area contributed by atoms with Gasteiger partial charge in [-0.1, -0.05) is 30.3 Å². The van der Waals surface area contributed by atoms with Crippen LogP contribution in [0.2, 0.25) is 5.28 Å². The molecule has 8 nitrogen and oxygen atoms in total. The van der Waals surface area contributed by atoms with E-state index < -0.39 is 5.60 Å². The van der Waals surface area contributed by atoms with Crippen molar-refractivity contribution in [1.82, 2.24) is 14.9 Å². The number of nitrogens with zero attached hydrogens (tertiary/aromatic N) is 4. The van der Waals surface area contributed by atoms with Crippen LogP contribution in [-0.4, -0.2) is 65.6 Å². The Labute approximate surface area is 245 Å². The summed E-state index contributed by atoms with van der Waals surface area (Å²) in [6.07, 6.45) is 1.64. The maximum atomic E-state index is 13.0. The Hall–Kier alpha value is -3.62. The number of piperazine rings is 1. The van der Waals surface area contributed by atoms with Gasteiger partial charge < -0.3 is 19.1 Å². The van der Waals surface area contributed by atoms with Crippen LogP contribution in [0.25, 0.3) is 32.8 Å². The quantitative estimate of drug-likeness (QED) is 0.188. The zero-order valence-corrected chi connectivity index (χ0v) is 24.9. The number of anilines is 1. The number of rotatable bonds is 5. The molecule has 2 bridgehead atoms. The second-order valence-electron chi connectivity index (χ2n) is 11.9. The molecule has 2 aliphatic heterocycles. The summed E-state index contributed by atoms with van der Waals surface area (Å²) >= 11 is 6.56. The summed E-state index contributed by atoms with van der Waals surface area (Å²) in [5, 5.41) is 3.35. The summed E-state index contributed by atoms with van der Waals surface area (Å²) in [6.45, 7) is 9.29. The van der Waals surface area contributed by atoms with Crippen LogP contribution in [0.3, 0.4) is 0 Å². The van der Waals surface area contributed by atoms with Gasteiger partial charge in [-0.3, -0.25) is 4.90 Å². The number of ether oxygens (including phenoxy) is 3. The first-order valence-electron chi connectivity index (χ1n) is 14.0. The van der Waals surface area contributed by atoms with Crippen molar-refractivity contribution in [2.75, 3.05) is 31.9 Å². The first kappa shape index (κ1) is 27.5. The zero-order valence-electron chi connectivity index (χ0n) is 24.1. The maximum absolute atomic E-state index is 13.0. The number of carbonyl (C=O) groups excluding carboxylic acids is 1. The smallest absolute Gasteiger partial charge is 0.410 e. The first-order valence-corrected chi connectivity index (χ1v) is 14.4. The third-order valence-corrected chi connectivity index (χ3v) is 8.10. The fourth-order valence-corrected chi connectivity index (χ4v) is 6.39. The number of amides is 1. The van der Waals surface area contributed by atoms with Crippen molar-refractivity contribution in [1.29, 1.82) is 0 Å². The average Bonchev–Trinajstić information content (AvgIpc) is 3.20. The topological polar surface area (TPSA) is 77.0 Å². The zero-order chi connectivity index (χ0) is 28.9. The van der Waals surface area contributed by atoms with E-state index in [0.717, 1.165) is 62.8 Å². The Balaban J connectivity index is 1.39. The molecule has 0 spiro atoms. The van der Waals surface area contributed by atoms with Crippen LogP contribution in [-0.2, 0) is 9.47 Å². The van der Waals surface area contributed by atoms with Crippen molar-refractivity contribution in [2.45, 2.75) is 58.2 Å². The van der Waals surface area contributed by atoms with E-state index >= 15 is 0 Å². The van der Waals surface area contributed by atoms with Gasteiger partial charge in [0.25, 0.3) is 0 Å². The predicted octanol–water partition coefficient (Wildman–Crippen LogP) is 6.98. The number of fused-ring (bicyclic) bond motifs is 4. The van der Waals surface area contributed by atoms with Gasteiger partial charge in [-0.25, -0.2) is 9.78 Å². The van der Waals surface area contributed by atoms with Crippen LogP contribution in [0, 0.1) is 6.92 Å². The van der Waals surface area contributed by atoms with E-state index in [4.69, 9.17) is 35.8 Å². The Morgan fingerprint density at radius 1 is 1.00 bits per heavy atom. The number of methoxy groups -OCH3 is 1. The van der Waals surface area contributed by atoms with E-state index in [9.17, 15) is 4.79 Å². The average molecular weight is 575 g/mol. The van der Waals surface area contributed by atoms with Crippen molar-refractivity contribution in [2.24, 2.45) is 0 Å². The van der Waals surface area contributed by atoms with Crippen LogP contribution < -0.4 is 9.64 Å². The Kier molecular flexibility index (Phi) is 7.16. The summed E-state index contributed by atoms with van der Waals surface area (Å²) in [5.41, 5.74) is 3.39. The lowest BCUT2D eigenvalue weighted by atomic mass is 9.93. The third-order valence-electron chi connectivity index (χ3n) is 7.93. The number of hydrogen-bond acceptors (Lipinski definition) is 7. The van der Waals surface area contributed by atoms with Crippen LogP contribution in [0.15, 0.2) is 48.5 Å². The fraction of sp³-hybridized carbons (Fsp3) is 0.406. The minimum absolute atomic E-state index is 0.0639. The van der Waals surface area contributed by atoms with Gasteiger partial charge in [-0.15, -0.1) is 0 Å². The highest BCUT2D eigenvalue weighted by Crippen LogP contribution is 2.40. The molecule has 2 saturated heterocycles. The highest BCUT2D eigenvalue weighted by molar-refractivity contribution is 6.29. The summed E-state index contributed by atoms with van der Waals surface area (Å²) in [7, 11) is 1.61. The minimum atomic E-state index is -0.528. The van der Waals surface area contributed by atoms with Crippen LogP contribution in [0.1, 0.15) is 39.2 Å². The molecule has 2 fully saturated rings. The van der Waals surface area contributed by atoms with Crippen molar-refractivity contribution in [3.8, 4) is 16.9 Å². The third kappa shape index (κ3) is 5.26. The number of aryl methyl sites for hydroxylation is 1. The highest BCUT2D eigenvalue weighted by atomic mass is 35.5. The van der Waals surface area contributed by atoms with Crippen molar-refractivity contribution in [3.05, 3.63) is 59.4 Å². The molecule has 2 unspecified atom stereocenters. The van der Waals surface area contributed by atoms with Crippen molar-refractivity contribution >= 4 is 45.2 Å². The molecule has 1 amide bonds. The van der Waals surface area contributed by atoms with E-state index in [2.05, 4.69) is 36.1 Å². The molecule has 0 aliphatic carbocycles. The van der Waals surface area contributed by atoms with Gasteiger partial charge in [0.15, 0.2) is 6.79 Å². The summed E-state index contributed by atoms with van der Waals surface area (Å²) < 4.78 is 16.7. The van der Waals surface area contributed by atoms with Gasteiger partial charge in [0, 0.05) is 25.6 Å². The maximum Gasteiger partial charge on any atom is 0.410 e. The van der Waals surface area contributed by atoms with Crippen LogP contribution >= 0.6 is 11.6 Å². The van der Waals surface area contributed by atoms with E-state index in [1.165, 1.54) is 0 Å². The highest BCUT2D eigenvalue weighted by Gasteiger charge is 2.45. The first-order chi connectivity index (χ1) is 19.6. The molecule has 41 heavy (non-hydrogen) atoms. The molecule has 4 aromatic rings. The molecular weight excluding hydrogens is 540 g/mol. The van der Waals surface area contributed by atoms with Gasteiger partial charge in [0.1, 0.15) is 17.2 Å². The van der Waals surface area contributed by atoms with E-state index in [1.54, 1.807) is 7.11 Å². The summed E-state index contributed by atoms with van der Waals surface area (Å²) in [6, 6.07) is 16.7. The molecule has 2 aliphatic rings. The van der Waals surface area contributed by atoms with E-state index in [-0.39, 0.29) is 30.3 Å². The number of carbonyl (C=O) groups is 1. The molecule has 9 heteroatoms. The Morgan fingerprint density at radius 2 is 1.73 bits per heavy atom. The van der Waals surface area contributed by atoms with E-state index in [1.807, 2.05) is 49.9 Å². The molecule has 0 radical (unpaired) electrons. The van der Waals surface area contributed by atoms with Gasteiger partial charge in [-0.2, -0.15) is 4.98 Å². The molecular formula is C32H35ClN4O4. The van der Waals surface area contributed by atoms with Crippen LogP contribution in [0.5, 0.6) is 5.75 Å². The van der Waals surface area contributed by atoms with Gasteiger partial charge >= 0.3 is 6.09 Å². The van der Waals surface area contributed by atoms with Gasteiger partial charge in [-0.05, 0) is 97.8 Å². The lowest BCUT2D eigenvalue weighted by molar-refractivity contribution is 0.0123. The normalized spacial score (nSPS) is 18.8. The largest absolute Gasteiger partial charge is 0.468 e. The SMILES string of the molecule is COCOc1cc(-c2ccc3c(N4CC5CCC(C4)N5C(=O)OC(C)(C)C)nc(Cl)nc3c2C)c2ccccc2c1. The number of hydrogen-bond donors (Lipinski definition) is 0. The van der Waals surface area contributed by atoms with Crippen LogP contribution in [0.4, 0.5) is 10.6 Å². The standard InChI is InChI=1S/C32H35ClN4O4/c1-19-24(27-15-23(40-18-39-5)14-20-8-6-7-9-25(20)27)12-13-26-28(19)34-30(33)35-29(26)36-16-21-10-11-22(17-36)37(21)31(38)41-32(2,3)4/h6-9,12-15,21-22H,10-11,16-18H2,1-5H3. The number of halogens is 1. The molecule has 214 valence electrons. The molecule has 0 N–H and O–H groups in total.